The number of ether oxygens (including phenoxy) is 1. The molecule has 6 nitrogen and oxygen atoms in total. The van der Waals surface area contributed by atoms with Crippen LogP contribution in [0.1, 0.15) is 50.6 Å². The van der Waals surface area contributed by atoms with Crippen LogP contribution < -0.4 is 5.32 Å². The summed E-state index contributed by atoms with van der Waals surface area (Å²) in [4.78, 5) is 30.0. The molecule has 0 spiro atoms. The van der Waals surface area contributed by atoms with E-state index in [2.05, 4.69) is 16.4 Å². The number of hydrogen-bond acceptors (Lipinski definition) is 5. The summed E-state index contributed by atoms with van der Waals surface area (Å²) in [6, 6.07) is 10.00. The third kappa shape index (κ3) is 3.31. The molecular weight excluding hydrogens is 380 g/mol. The summed E-state index contributed by atoms with van der Waals surface area (Å²) < 4.78 is 11.5. The summed E-state index contributed by atoms with van der Waals surface area (Å²) >= 11 is 0. The molecule has 1 amide bonds. The number of nitrogens with zero attached hydrogens (tertiary/aromatic N) is 1. The number of carbonyl (C=O) groups is 2. The van der Waals surface area contributed by atoms with Crippen molar-refractivity contribution in [2.45, 2.75) is 38.6 Å². The molecule has 1 aliphatic carbocycles. The Bertz CT molecular complexity index is 1130. The third-order valence-corrected chi connectivity index (χ3v) is 6.21. The van der Waals surface area contributed by atoms with E-state index < -0.39 is 0 Å². The van der Waals surface area contributed by atoms with Gasteiger partial charge in [-0.15, -0.1) is 0 Å². The van der Waals surface area contributed by atoms with Crippen LogP contribution in [0.3, 0.4) is 0 Å². The maximum absolute atomic E-state index is 13.1. The topological polar surface area (TPSA) is 81.4 Å². The second kappa shape index (κ2) is 7.69. The van der Waals surface area contributed by atoms with Crippen LogP contribution in [0.2, 0.25) is 0 Å². The number of para-hydroxylation sites is 1. The van der Waals surface area contributed by atoms with Crippen LogP contribution in [0.5, 0.6) is 0 Å². The van der Waals surface area contributed by atoms with Gasteiger partial charge in [-0.25, -0.2) is 0 Å². The molecule has 2 aromatic heterocycles. The Morgan fingerprint density at radius 3 is 2.97 bits per heavy atom. The fourth-order valence-corrected chi connectivity index (χ4v) is 4.70. The Hall–Kier alpha value is -2.99. The monoisotopic (exact) mass is 404 g/mol. The smallest absolute Gasteiger partial charge is 0.255 e. The molecule has 2 aliphatic rings. The van der Waals surface area contributed by atoms with Gasteiger partial charge < -0.3 is 14.5 Å². The van der Waals surface area contributed by atoms with Crippen molar-refractivity contribution >= 4 is 22.6 Å². The first-order valence-corrected chi connectivity index (χ1v) is 10.5. The number of benzene rings is 1. The highest BCUT2D eigenvalue weighted by Crippen LogP contribution is 2.30. The molecule has 1 aliphatic heterocycles. The van der Waals surface area contributed by atoms with E-state index >= 15 is 0 Å². The molecule has 1 N–H and O–H groups in total. The van der Waals surface area contributed by atoms with Gasteiger partial charge in [-0.1, -0.05) is 18.2 Å². The van der Waals surface area contributed by atoms with Crippen LogP contribution >= 0.6 is 0 Å². The number of aryl methyl sites for hydroxylation is 2. The lowest BCUT2D eigenvalue weighted by Crippen LogP contribution is -2.41. The zero-order valence-corrected chi connectivity index (χ0v) is 16.9. The highest BCUT2D eigenvalue weighted by Gasteiger charge is 2.34. The normalized spacial score (nSPS) is 21.0. The molecule has 30 heavy (non-hydrogen) atoms. The summed E-state index contributed by atoms with van der Waals surface area (Å²) in [7, 11) is 0. The molecule has 0 bridgehead atoms. The average molecular weight is 404 g/mol. The molecule has 0 saturated carbocycles. The first-order chi connectivity index (χ1) is 14.6. The van der Waals surface area contributed by atoms with Gasteiger partial charge in [0, 0.05) is 30.3 Å². The number of rotatable bonds is 4. The lowest BCUT2D eigenvalue weighted by molar-refractivity contribution is 0.0907. The zero-order valence-electron chi connectivity index (χ0n) is 16.9. The predicted octanol–water partition coefficient (Wildman–Crippen LogP) is 3.64. The maximum atomic E-state index is 13.1. The van der Waals surface area contributed by atoms with Gasteiger partial charge in [0.15, 0.2) is 5.78 Å². The molecule has 6 heteroatoms. The molecular formula is C24H24N2O4. The number of hydrogen-bond donors (Lipinski definition) is 1. The Balaban J connectivity index is 1.37. The number of furan rings is 1. The molecule has 154 valence electrons. The van der Waals surface area contributed by atoms with Crippen molar-refractivity contribution in [3.05, 3.63) is 64.7 Å². The molecule has 1 aromatic carbocycles. The van der Waals surface area contributed by atoms with E-state index in [9.17, 15) is 9.59 Å². The average Bonchev–Trinajstić information content (AvgIpc) is 3.32. The van der Waals surface area contributed by atoms with Gasteiger partial charge in [0.05, 0.1) is 35.9 Å². The SMILES string of the molecule is Cc1oc2c(c1C(=O)N[C@@H]1COC[C@H]1Cc1ccnc3ccccc13)C(=O)CCC2. The van der Waals surface area contributed by atoms with Gasteiger partial charge in [0.2, 0.25) is 0 Å². The Morgan fingerprint density at radius 2 is 2.07 bits per heavy atom. The fourth-order valence-electron chi connectivity index (χ4n) is 4.70. The van der Waals surface area contributed by atoms with Crippen LogP contribution in [0, 0.1) is 12.8 Å². The molecule has 1 saturated heterocycles. The lowest BCUT2D eigenvalue weighted by Gasteiger charge is -2.20. The van der Waals surface area contributed by atoms with Gasteiger partial charge in [-0.05, 0) is 37.5 Å². The van der Waals surface area contributed by atoms with Crippen LogP contribution in [0.25, 0.3) is 10.9 Å². The fraction of sp³-hybridized carbons (Fsp3) is 0.375. The molecule has 0 radical (unpaired) electrons. The van der Waals surface area contributed by atoms with Crippen LogP contribution in [0.15, 0.2) is 40.9 Å². The number of aromatic nitrogens is 1. The maximum Gasteiger partial charge on any atom is 0.255 e. The summed E-state index contributed by atoms with van der Waals surface area (Å²) in [5.74, 6) is 1.08. The number of nitrogens with one attached hydrogen (secondary N) is 1. The molecule has 1 fully saturated rings. The van der Waals surface area contributed by atoms with Crippen molar-refractivity contribution in [2.75, 3.05) is 13.2 Å². The van der Waals surface area contributed by atoms with E-state index in [1.54, 1.807) is 6.92 Å². The highest BCUT2D eigenvalue weighted by molar-refractivity contribution is 6.10. The van der Waals surface area contributed by atoms with Crippen molar-refractivity contribution in [1.82, 2.24) is 10.3 Å². The molecule has 2 atom stereocenters. The van der Waals surface area contributed by atoms with Crippen molar-refractivity contribution < 1.29 is 18.7 Å². The third-order valence-electron chi connectivity index (χ3n) is 6.21. The second-order valence-electron chi connectivity index (χ2n) is 8.18. The molecule has 3 heterocycles. The largest absolute Gasteiger partial charge is 0.465 e. The molecule has 5 rings (SSSR count). The summed E-state index contributed by atoms with van der Waals surface area (Å²) in [6.45, 7) is 2.81. The van der Waals surface area contributed by atoms with Gasteiger partial charge in [-0.2, -0.15) is 0 Å². The number of fused-ring (bicyclic) bond motifs is 2. The first-order valence-electron chi connectivity index (χ1n) is 10.5. The van der Waals surface area contributed by atoms with Crippen molar-refractivity contribution in [3.8, 4) is 0 Å². The number of ketones is 1. The zero-order chi connectivity index (χ0) is 20.7. The van der Waals surface area contributed by atoms with E-state index in [0.717, 1.165) is 23.7 Å². The second-order valence-corrected chi connectivity index (χ2v) is 8.18. The van der Waals surface area contributed by atoms with Crippen LogP contribution in [-0.2, 0) is 17.6 Å². The van der Waals surface area contributed by atoms with Gasteiger partial charge in [0.1, 0.15) is 11.5 Å². The van der Waals surface area contributed by atoms with Gasteiger partial charge in [-0.3, -0.25) is 14.6 Å². The minimum atomic E-state index is -0.243. The quantitative estimate of drug-likeness (QED) is 0.718. The first kappa shape index (κ1) is 19.0. The van der Waals surface area contributed by atoms with E-state index in [1.165, 1.54) is 5.56 Å². The highest BCUT2D eigenvalue weighted by atomic mass is 16.5. The lowest BCUT2D eigenvalue weighted by atomic mass is 9.91. The van der Waals surface area contributed by atoms with E-state index in [-0.39, 0.29) is 23.7 Å². The Kier molecular flexibility index (Phi) is 4.87. The number of Topliss-reactive ketones (excluding diaryl/α,β-unsaturated/α-hetero) is 1. The molecule has 0 unspecified atom stereocenters. The van der Waals surface area contributed by atoms with Gasteiger partial charge in [0.25, 0.3) is 5.91 Å². The van der Waals surface area contributed by atoms with Gasteiger partial charge >= 0.3 is 0 Å². The van der Waals surface area contributed by atoms with E-state index in [4.69, 9.17) is 9.15 Å². The summed E-state index contributed by atoms with van der Waals surface area (Å²) in [5.41, 5.74) is 3.04. The summed E-state index contributed by atoms with van der Waals surface area (Å²) in [6.07, 6.45) is 4.57. The minimum absolute atomic E-state index is 0.000673. The number of pyridine rings is 1. The van der Waals surface area contributed by atoms with Crippen LogP contribution in [0.4, 0.5) is 0 Å². The van der Waals surface area contributed by atoms with E-state index in [0.29, 0.717) is 48.7 Å². The Morgan fingerprint density at radius 1 is 1.20 bits per heavy atom. The standard InChI is InChI=1S/C24H24N2O4/c1-14-22(23-20(27)7-4-8-21(23)30-14)24(28)26-19-13-29-12-16(19)11-15-9-10-25-18-6-3-2-5-17(15)18/h2-3,5-6,9-10,16,19H,4,7-8,11-13H2,1H3,(H,26,28)/t16-,19-/m1/s1. The Labute approximate surface area is 174 Å². The van der Waals surface area contributed by atoms with E-state index in [1.807, 2.05) is 30.5 Å². The minimum Gasteiger partial charge on any atom is -0.465 e. The summed E-state index contributed by atoms with van der Waals surface area (Å²) in [5, 5.41) is 4.25. The number of amides is 1. The van der Waals surface area contributed by atoms with Crippen molar-refractivity contribution in [1.29, 1.82) is 0 Å². The molecule has 3 aromatic rings. The predicted molar refractivity (Wildman–Crippen MR) is 112 cm³/mol. The van der Waals surface area contributed by atoms with Crippen LogP contribution in [-0.4, -0.2) is 35.9 Å². The van der Waals surface area contributed by atoms with Crippen molar-refractivity contribution in [3.63, 3.8) is 0 Å². The van der Waals surface area contributed by atoms with Crippen molar-refractivity contribution in [2.24, 2.45) is 5.92 Å². The number of carbonyl (C=O) groups excluding carboxylic acids is 2.